The molecule has 0 N–H and O–H groups in total. The Morgan fingerprint density at radius 3 is 1.77 bits per heavy atom. The Balaban J connectivity index is 1.21. The summed E-state index contributed by atoms with van der Waals surface area (Å²) in [7, 11) is 0. The summed E-state index contributed by atoms with van der Waals surface area (Å²) in [5.74, 6) is 0. The van der Waals surface area contributed by atoms with Crippen LogP contribution in [0.5, 0.6) is 0 Å². The zero-order chi connectivity index (χ0) is 31.3. The molecule has 220 valence electrons. The number of rotatable bonds is 2. The maximum Gasteiger partial charge on any atom is 0.0165 e. The minimum atomic E-state index is -0.116. The van der Waals surface area contributed by atoms with Crippen LogP contribution in [0.25, 0.3) is 87.2 Å². The van der Waals surface area contributed by atoms with Crippen LogP contribution in [0.4, 0.5) is 0 Å². The molecule has 0 saturated carbocycles. The lowest BCUT2D eigenvalue weighted by atomic mass is 9.78. The number of hydrogen-bond acceptors (Lipinski definition) is 0. The van der Waals surface area contributed by atoms with E-state index in [0.717, 1.165) is 0 Å². The summed E-state index contributed by atoms with van der Waals surface area (Å²) in [6.07, 6.45) is 0. The van der Waals surface area contributed by atoms with Gasteiger partial charge < -0.3 is 0 Å². The van der Waals surface area contributed by atoms with Crippen LogP contribution in [-0.2, 0) is 5.41 Å². The van der Waals surface area contributed by atoms with E-state index >= 15 is 0 Å². The molecule has 1 aliphatic rings. The summed E-state index contributed by atoms with van der Waals surface area (Å²) in [4.78, 5) is 0. The monoisotopic (exact) mass is 596 g/mol. The summed E-state index contributed by atoms with van der Waals surface area (Å²) >= 11 is 0. The zero-order valence-electron chi connectivity index (χ0n) is 26.5. The van der Waals surface area contributed by atoms with Crippen molar-refractivity contribution < 1.29 is 0 Å². The predicted octanol–water partition coefficient (Wildman–Crippen LogP) is 13.1. The third-order valence-electron chi connectivity index (χ3n) is 10.8. The molecule has 0 aliphatic heterocycles. The molecule has 0 heterocycles. The molecule has 0 heteroatoms. The van der Waals surface area contributed by atoms with Gasteiger partial charge in [0.1, 0.15) is 0 Å². The molecule has 0 nitrogen and oxygen atoms in total. The van der Waals surface area contributed by atoms with Crippen molar-refractivity contribution in [2.45, 2.75) is 19.3 Å². The Morgan fingerprint density at radius 1 is 0.340 bits per heavy atom. The lowest BCUT2D eigenvalue weighted by Crippen LogP contribution is -2.15. The first-order valence-electron chi connectivity index (χ1n) is 16.6. The lowest BCUT2D eigenvalue weighted by Gasteiger charge is -2.24. The summed E-state index contributed by atoms with van der Waals surface area (Å²) < 4.78 is 0. The fourth-order valence-corrected chi connectivity index (χ4v) is 8.63. The fourth-order valence-electron chi connectivity index (χ4n) is 8.63. The molecule has 0 spiro atoms. The van der Waals surface area contributed by atoms with Crippen LogP contribution in [0.3, 0.4) is 0 Å². The molecule has 9 aromatic rings. The van der Waals surface area contributed by atoms with Gasteiger partial charge in [-0.05, 0) is 117 Å². The van der Waals surface area contributed by atoms with Crippen molar-refractivity contribution in [2.24, 2.45) is 0 Å². The number of fused-ring (bicyclic) bond motifs is 13. The first kappa shape index (κ1) is 26.5. The molecule has 0 unspecified atom stereocenters. The van der Waals surface area contributed by atoms with E-state index in [1.54, 1.807) is 0 Å². The highest BCUT2D eigenvalue weighted by Crippen LogP contribution is 2.56. The molecule has 0 bridgehead atoms. The molecule has 0 atom stereocenters. The van der Waals surface area contributed by atoms with Crippen LogP contribution >= 0.6 is 0 Å². The molecule has 0 amide bonds. The van der Waals surface area contributed by atoms with E-state index < -0.39 is 0 Å². The van der Waals surface area contributed by atoms with E-state index in [9.17, 15) is 0 Å². The van der Waals surface area contributed by atoms with Crippen LogP contribution in [-0.4, -0.2) is 0 Å². The molecule has 1 aliphatic carbocycles. The smallest absolute Gasteiger partial charge is 0.0165 e. The molecule has 9 aromatic carbocycles. The standard InChI is InChI=1S/C47H32/c1-47(2)43-25-23-29-12-3-6-17-35(29)44(43)45-39-21-10-9-20-38(39)42-27-31(22-24-40(42)46(45)47)30-14-11-15-32(26-30)41-28-33-13-4-5-16-34(33)36-18-7-8-19-37(36)41/h3-28H,1-2H3. The molecule has 0 saturated heterocycles. The third-order valence-corrected chi connectivity index (χ3v) is 10.8. The van der Waals surface area contributed by atoms with E-state index in [0.29, 0.717) is 0 Å². The Bertz CT molecular complexity index is 2760. The fraction of sp³-hybridized carbons (Fsp3) is 0.0638. The Hall–Kier alpha value is -5.72. The Morgan fingerprint density at radius 2 is 0.957 bits per heavy atom. The van der Waals surface area contributed by atoms with E-state index in [4.69, 9.17) is 0 Å². The van der Waals surface area contributed by atoms with Crippen molar-refractivity contribution in [2.75, 3.05) is 0 Å². The van der Waals surface area contributed by atoms with Gasteiger partial charge in [0.15, 0.2) is 0 Å². The second kappa shape index (κ2) is 9.64. The number of benzene rings is 9. The lowest BCUT2D eigenvalue weighted by molar-refractivity contribution is 0.667. The van der Waals surface area contributed by atoms with Crippen LogP contribution in [0, 0.1) is 0 Å². The van der Waals surface area contributed by atoms with E-state index in [2.05, 4.69) is 172 Å². The quantitative estimate of drug-likeness (QED) is 0.174. The maximum absolute atomic E-state index is 2.44. The summed E-state index contributed by atoms with van der Waals surface area (Å²) in [6, 6.07) is 58.7. The molecule has 0 fully saturated rings. The topological polar surface area (TPSA) is 0 Å². The van der Waals surface area contributed by atoms with Gasteiger partial charge in [-0.3, -0.25) is 0 Å². The van der Waals surface area contributed by atoms with Crippen molar-refractivity contribution in [3.8, 4) is 33.4 Å². The molecule has 0 radical (unpaired) electrons. The van der Waals surface area contributed by atoms with Crippen LogP contribution in [0.15, 0.2) is 158 Å². The van der Waals surface area contributed by atoms with Gasteiger partial charge in [0.05, 0.1) is 0 Å². The van der Waals surface area contributed by atoms with Gasteiger partial charge in [-0.25, -0.2) is 0 Å². The first-order valence-corrected chi connectivity index (χ1v) is 16.6. The average molecular weight is 597 g/mol. The molecular weight excluding hydrogens is 565 g/mol. The molecule has 10 rings (SSSR count). The van der Waals surface area contributed by atoms with Crippen LogP contribution in [0.1, 0.15) is 25.0 Å². The second-order valence-corrected chi connectivity index (χ2v) is 13.7. The molecular formula is C47H32. The van der Waals surface area contributed by atoms with Crippen molar-refractivity contribution >= 4 is 53.9 Å². The normalized spacial score (nSPS) is 13.5. The van der Waals surface area contributed by atoms with E-state index in [-0.39, 0.29) is 5.41 Å². The Kier molecular flexibility index (Phi) is 5.44. The predicted molar refractivity (Wildman–Crippen MR) is 202 cm³/mol. The minimum absolute atomic E-state index is 0.116. The maximum atomic E-state index is 2.44. The van der Waals surface area contributed by atoms with Gasteiger partial charge in [0.2, 0.25) is 0 Å². The summed E-state index contributed by atoms with van der Waals surface area (Å²) in [6.45, 7) is 4.82. The highest BCUT2D eigenvalue weighted by Gasteiger charge is 2.39. The summed E-state index contributed by atoms with van der Waals surface area (Å²) in [5.41, 5.74) is 10.6. The highest BCUT2D eigenvalue weighted by molar-refractivity contribution is 6.22. The van der Waals surface area contributed by atoms with Gasteiger partial charge >= 0.3 is 0 Å². The van der Waals surface area contributed by atoms with Crippen LogP contribution < -0.4 is 0 Å². The van der Waals surface area contributed by atoms with Crippen molar-refractivity contribution in [3.63, 3.8) is 0 Å². The molecule has 0 aromatic heterocycles. The van der Waals surface area contributed by atoms with Gasteiger partial charge in [-0.1, -0.05) is 153 Å². The van der Waals surface area contributed by atoms with Crippen molar-refractivity contribution in [1.82, 2.24) is 0 Å². The van der Waals surface area contributed by atoms with Gasteiger partial charge in [0.25, 0.3) is 0 Å². The van der Waals surface area contributed by atoms with Gasteiger partial charge in [-0.2, -0.15) is 0 Å². The second-order valence-electron chi connectivity index (χ2n) is 13.7. The van der Waals surface area contributed by atoms with Gasteiger partial charge in [-0.15, -0.1) is 0 Å². The average Bonchev–Trinajstić information content (AvgIpc) is 3.38. The first-order chi connectivity index (χ1) is 23.1. The van der Waals surface area contributed by atoms with Crippen LogP contribution in [0.2, 0.25) is 0 Å². The van der Waals surface area contributed by atoms with Gasteiger partial charge in [0, 0.05) is 5.41 Å². The summed E-state index contributed by atoms with van der Waals surface area (Å²) in [5, 5.41) is 13.1. The molecule has 47 heavy (non-hydrogen) atoms. The third kappa shape index (κ3) is 3.70. The van der Waals surface area contributed by atoms with E-state index in [1.807, 2.05) is 0 Å². The van der Waals surface area contributed by atoms with Crippen molar-refractivity contribution in [1.29, 1.82) is 0 Å². The van der Waals surface area contributed by atoms with E-state index in [1.165, 1.54) is 98.4 Å². The Labute approximate surface area is 274 Å². The minimum Gasteiger partial charge on any atom is -0.0616 e. The SMILES string of the molecule is CC1(C)c2ccc3ccccc3c2-c2c1c1ccc(-c3cccc(-c4cc5ccccc5c5ccccc45)c3)cc1c1ccccc21. The van der Waals surface area contributed by atoms with Crippen molar-refractivity contribution in [3.05, 3.63) is 169 Å². The largest absolute Gasteiger partial charge is 0.0616 e. The number of hydrogen-bond donors (Lipinski definition) is 0. The zero-order valence-corrected chi connectivity index (χ0v) is 26.5. The highest BCUT2D eigenvalue weighted by atomic mass is 14.4.